The monoisotopic (exact) mass is 267 g/mol. The molecule has 0 amide bonds. The third-order valence-corrected chi connectivity index (χ3v) is 3.14. The van der Waals surface area contributed by atoms with Crippen molar-refractivity contribution in [1.29, 1.82) is 0 Å². The molecule has 3 rings (SSSR count). The van der Waals surface area contributed by atoms with Gasteiger partial charge in [0.1, 0.15) is 11.3 Å². The van der Waals surface area contributed by atoms with Crippen molar-refractivity contribution in [2.75, 3.05) is 7.11 Å². The van der Waals surface area contributed by atoms with E-state index in [1.807, 2.05) is 12.1 Å². The van der Waals surface area contributed by atoms with Crippen molar-refractivity contribution in [3.8, 4) is 5.75 Å². The molecule has 3 aromatic rings. The minimum Gasteiger partial charge on any atom is -0.494 e. The number of methoxy groups -OCH3 is 1. The maximum absolute atomic E-state index is 12.5. The van der Waals surface area contributed by atoms with E-state index in [2.05, 4.69) is 9.97 Å². The van der Waals surface area contributed by atoms with E-state index in [0.29, 0.717) is 23.2 Å². The number of rotatable bonds is 3. The predicted octanol–water partition coefficient (Wildman–Crippen LogP) is 1.85. The average Bonchev–Trinajstić information content (AvgIpc) is 2.51. The highest BCUT2D eigenvalue weighted by atomic mass is 16.5. The van der Waals surface area contributed by atoms with Crippen LogP contribution in [0.15, 0.2) is 53.8 Å². The Balaban J connectivity index is 2.10. The normalized spacial score (nSPS) is 10.7. The van der Waals surface area contributed by atoms with E-state index < -0.39 is 0 Å². The largest absolute Gasteiger partial charge is 0.494 e. The molecular formula is C15H13N3O2. The number of para-hydroxylation sites is 1. The highest BCUT2D eigenvalue weighted by Gasteiger charge is 2.08. The molecule has 5 nitrogen and oxygen atoms in total. The van der Waals surface area contributed by atoms with Crippen molar-refractivity contribution >= 4 is 10.9 Å². The summed E-state index contributed by atoms with van der Waals surface area (Å²) in [5.74, 6) is 0.607. The van der Waals surface area contributed by atoms with Crippen molar-refractivity contribution in [2.45, 2.75) is 6.54 Å². The molecule has 1 aromatic carbocycles. The van der Waals surface area contributed by atoms with Crippen molar-refractivity contribution in [3.63, 3.8) is 0 Å². The van der Waals surface area contributed by atoms with E-state index in [4.69, 9.17) is 4.74 Å². The minimum absolute atomic E-state index is 0.0780. The number of benzene rings is 1. The first-order chi connectivity index (χ1) is 9.79. The lowest BCUT2D eigenvalue weighted by Gasteiger charge is -2.08. The van der Waals surface area contributed by atoms with Crippen LogP contribution in [0.5, 0.6) is 5.75 Å². The summed E-state index contributed by atoms with van der Waals surface area (Å²) in [6.07, 6.45) is 4.96. The van der Waals surface area contributed by atoms with Gasteiger partial charge in [-0.05, 0) is 29.8 Å². The van der Waals surface area contributed by atoms with E-state index in [-0.39, 0.29) is 5.56 Å². The zero-order valence-corrected chi connectivity index (χ0v) is 11.0. The van der Waals surface area contributed by atoms with Crippen molar-refractivity contribution in [1.82, 2.24) is 14.5 Å². The van der Waals surface area contributed by atoms with Crippen LogP contribution >= 0.6 is 0 Å². The molecule has 0 aliphatic rings. The summed E-state index contributed by atoms with van der Waals surface area (Å²) in [5, 5.41) is 0.556. The maximum atomic E-state index is 12.5. The molecule has 2 aromatic heterocycles. The fraction of sp³-hybridized carbons (Fsp3) is 0.133. The first kappa shape index (κ1) is 12.3. The maximum Gasteiger partial charge on any atom is 0.261 e. The molecule has 5 heteroatoms. The third kappa shape index (κ3) is 2.14. The van der Waals surface area contributed by atoms with Crippen LogP contribution in [0.4, 0.5) is 0 Å². The fourth-order valence-electron chi connectivity index (χ4n) is 2.12. The molecular weight excluding hydrogens is 254 g/mol. The highest BCUT2D eigenvalue weighted by Crippen LogP contribution is 2.20. The van der Waals surface area contributed by atoms with Gasteiger partial charge in [-0.1, -0.05) is 6.07 Å². The molecule has 0 spiro atoms. The summed E-state index contributed by atoms with van der Waals surface area (Å²) >= 11 is 0. The summed E-state index contributed by atoms with van der Waals surface area (Å²) in [5.41, 5.74) is 1.52. The average molecular weight is 267 g/mol. The van der Waals surface area contributed by atoms with E-state index in [1.165, 1.54) is 0 Å². The molecule has 0 atom stereocenters. The van der Waals surface area contributed by atoms with Gasteiger partial charge in [-0.2, -0.15) is 0 Å². The van der Waals surface area contributed by atoms with E-state index in [1.54, 1.807) is 48.6 Å². The van der Waals surface area contributed by atoms with E-state index in [0.717, 1.165) is 5.56 Å². The number of pyridine rings is 1. The number of hydrogen-bond acceptors (Lipinski definition) is 4. The Labute approximate surface area is 115 Å². The van der Waals surface area contributed by atoms with Gasteiger partial charge in [-0.3, -0.25) is 14.3 Å². The molecule has 2 heterocycles. The number of aromatic nitrogens is 3. The number of ether oxygens (including phenoxy) is 1. The lowest BCUT2D eigenvalue weighted by atomic mass is 10.2. The number of nitrogens with zero attached hydrogens (tertiary/aromatic N) is 3. The molecule has 0 aliphatic carbocycles. The van der Waals surface area contributed by atoms with Crippen LogP contribution in [0.25, 0.3) is 10.9 Å². The topological polar surface area (TPSA) is 57.0 Å². The quantitative estimate of drug-likeness (QED) is 0.726. The van der Waals surface area contributed by atoms with Gasteiger partial charge in [0.05, 0.1) is 25.4 Å². The summed E-state index contributed by atoms with van der Waals surface area (Å²) in [6, 6.07) is 9.10. The van der Waals surface area contributed by atoms with Gasteiger partial charge in [0.2, 0.25) is 0 Å². The summed E-state index contributed by atoms with van der Waals surface area (Å²) in [6.45, 7) is 0.474. The number of fused-ring (bicyclic) bond motifs is 1. The Hall–Kier alpha value is -2.69. The second-order valence-electron chi connectivity index (χ2n) is 4.39. The fourth-order valence-corrected chi connectivity index (χ4v) is 2.12. The Morgan fingerprint density at radius 3 is 2.75 bits per heavy atom. The summed E-state index contributed by atoms with van der Waals surface area (Å²) in [7, 11) is 1.57. The van der Waals surface area contributed by atoms with Crippen molar-refractivity contribution < 1.29 is 4.74 Å². The Morgan fingerprint density at radius 1 is 1.20 bits per heavy atom. The van der Waals surface area contributed by atoms with E-state index >= 15 is 0 Å². The third-order valence-electron chi connectivity index (χ3n) is 3.14. The molecule has 0 N–H and O–H groups in total. The zero-order valence-electron chi connectivity index (χ0n) is 11.0. The summed E-state index contributed by atoms with van der Waals surface area (Å²) < 4.78 is 6.80. The molecule has 100 valence electrons. The molecule has 0 radical (unpaired) electrons. The van der Waals surface area contributed by atoms with E-state index in [9.17, 15) is 4.79 Å². The van der Waals surface area contributed by atoms with Gasteiger partial charge in [0.25, 0.3) is 5.56 Å². The SMILES string of the molecule is COc1cccc2c(=O)n(Cc3ccncc3)cnc12. The number of hydrogen-bond donors (Lipinski definition) is 0. The van der Waals surface area contributed by atoms with Crippen LogP contribution in [0.2, 0.25) is 0 Å². The first-order valence-corrected chi connectivity index (χ1v) is 6.20. The Morgan fingerprint density at radius 2 is 2.00 bits per heavy atom. The first-order valence-electron chi connectivity index (χ1n) is 6.20. The van der Waals surface area contributed by atoms with Gasteiger partial charge < -0.3 is 4.74 Å². The van der Waals surface area contributed by atoms with Gasteiger partial charge in [0, 0.05) is 12.4 Å². The second kappa shape index (κ2) is 5.13. The van der Waals surface area contributed by atoms with Gasteiger partial charge >= 0.3 is 0 Å². The standard InChI is InChI=1S/C15H13N3O2/c1-20-13-4-2-3-12-14(13)17-10-18(15(12)19)9-11-5-7-16-8-6-11/h2-8,10H,9H2,1H3. The molecule has 0 saturated heterocycles. The van der Waals surface area contributed by atoms with Gasteiger partial charge in [-0.25, -0.2) is 4.98 Å². The molecule has 0 unspecified atom stereocenters. The molecule has 0 fully saturated rings. The van der Waals surface area contributed by atoms with Crippen LogP contribution in [0.1, 0.15) is 5.56 Å². The molecule has 0 bridgehead atoms. The van der Waals surface area contributed by atoms with Gasteiger partial charge in [-0.15, -0.1) is 0 Å². The zero-order chi connectivity index (χ0) is 13.9. The van der Waals surface area contributed by atoms with Crippen molar-refractivity contribution in [3.05, 3.63) is 65.0 Å². The Bertz CT molecular complexity index is 797. The summed E-state index contributed by atoms with van der Waals surface area (Å²) in [4.78, 5) is 20.7. The van der Waals surface area contributed by atoms with Crippen LogP contribution in [-0.2, 0) is 6.54 Å². The molecule has 0 aliphatic heterocycles. The lowest BCUT2D eigenvalue weighted by molar-refractivity contribution is 0.418. The smallest absolute Gasteiger partial charge is 0.261 e. The molecule has 20 heavy (non-hydrogen) atoms. The van der Waals surface area contributed by atoms with Crippen molar-refractivity contribution in [2.24, 2.45) is 0 Å². The second-order valence-corrected chi connectivity index (χ2v) is 4.39. The van der Waals surface area contributed by atoms with Crippen LogP contribution in [0, 0.1) is 0 Å². The highest BCUT2D eigenvalue weighted by molar-refractivity contribution is 5.83. The minimum atomic E-state index is -0.0780. The van der Waals surface area contributed by atoms with Crippen LogP contribution in [-0.4, -0.2) is 21.6 Å². The van der Waals surface area contributed by atoms with Crippen LogP contribution < -0.4 is 10.3 Å². The van der Waals surface area contributed by atoms with Gasteiger partial charge in [0.15, 0.2) is 0 Å². The molecule has 0 saturated carbocycles. The Kier molecular flexibility index (Phi) is 3.16. The predicted molar refractivity (Wildman–Crippen MR) is 75.9 cm³/mol. The van der Waals surface area contributed by atoms with Crippen LogP contribution in [0.3, 0.4) is 0 Å². The lowest BCUT2D eigenvalue weighted by Crippen LogP contribution is -2.21.